The lowest BCUT2D eigenvalue weighted by Gasteiger charge is -1.95. The molecule has 0 radical (unpaired) electrons. The molecule has 0 aliphatic carbocycles. The standard InChI is InChI=1S/C10H8BrNO3/c1-14-10(13)5-8-7-4-6(11)2-3-9(7)15-12-8/h2-4H,5H2,1H3. The topological polar surface area (TPSA) is 52.3 Å². The number of aromatic nitrogens is 1. The van der Waals surface area contributed by atoms with Crippen LogP contribution in [0.2, 0.25) is 0 Å². The first kappa shape index (κ1) is 10.2. The predicted molar refractivity (Wildman–Crippen MR) is 57.4 cm³/mol. The van der Waals surface area contributed by atoms with Gasteiger partial charge in [-0.25, -0.2) is 0 Å². The molecule has 78 valence electrons. The second-order valence-electron chi connectivity index (χ2n) is 3.02. The Morgan fingerprint density at radius 1 is 1.60 bits per heavy atom. The first-order valence-electron chi connectivity index (χ1n) is 4.31. The van der Waals surface area contributed by atoms with Gasteiger partial charge < -0.3 is 9.26 Å². The third-order valence-electron chi connectivity index (χ3n) is 2.05. The third kappa shape index (κ3) is 2.02. The van der Waals surface area contributed by atoms with Crippen molar-refractivity contribution in [2.75, 3.05) is 7.11 Å². The van der Waals surface area contributed by atoms with Gasteiger partial charge in [0.15, 0.2) is 5.58 Å². The fraction of sp³-hybridized carbons (Fsp3) is 0.200. The molecule has 1 heterocycles. The van der Waals surface area contributed by atoms with Crippen LogP contribution in [0.15, 0.2) is 27.2 Å². The highest BCUT2D eigenvalue weighted by molar-refractivity contribution is 9.10. The number of nitrogens with zero attached hydrogens (tertiary/aromatic N) is 1. The number of esters is 1. The number of ether oxygens (including phenoxy) is 1. The number of carbonyl (C=O) groups excluding carboxylic acids is 1. The minimum Gasteiger partial charge on any atom is -0.469 e. The van der Waals surface area contributed by atoms with Crippen LogP contribution < -0.4 is 0 Å². The quantitative estimate of drug-likeness (QED) is 0.786. The average molecular weight is 270 g/mol. The summed E-state index contributed by atoms with van der Waals surface area (Å²) in [5, 5.41) is 4.66. The number of hydrogen-bond donors (Lipinski definition) is 0. The van der Waals surface area contributed by atoms with Gasteiger partial charge in [0.05, 0.1) is 13.5 Å². The Bertz CT molecular complexity index is 506. The van der Waals surface area contributed by atoms with Gasteiger partial charge in [0.1, 0.15) is 5.69 Å². The zero-order valence-corrected chi connectivity index (χ0v) is 9.58. The van der Waals surface area contributed by atoms with E-state index in [1.54, 1.807) is 6.07 Å². The van der Waals surface area contributed by atoms with Crippen LogP contribution in [0.1, 0.15) is 5.69 Å². The van der Waals surface area contributed by atoms with Gasteiger partial charge in [0.25, 0.3) is 0 Å². The summed E-state index contributed by atoms with van der Waals surface area (Å²) in [5.41, 5.74) is 1.26. The van der Waals surface area contributed by atoms with Gasteiger partial charge in [-0.3, -0.25) is 4.79 Å². The van der Waals surface area contributed by atoms with Gasteiger partial charge in [-0.15, -0.1) is 0 Å². The van der Waals surface area contributed by atoms with Crippen LogP contribution in [-0.4, -0.2) is 18.2 Å². The van der Waals surface area contributed by atoms with Crippen LogP contribution in [-0.2, 0) is 16.0 Å². The molecule has 0 atom stereocenters. The smallest absolute Gasteiger partial charge is 0.311 e. The molecule has 2 rings (SSSR count). The largest absolute Gasteiger partial charge is 0.469 e. The molecule has 15 heavy (non-hydrogen) atoms. The molecule has 0 saturated heterocycles. The molecule has 0 spiro atoms. The van der Waals surface area contributed by atoms with Crippen molar-refractivity contribution in [3.63, 3.8) is 0 Å². The number of benzene rings is 1. The molecule has 0 N–H and O–H groups in total. The van der Waals surface area contributed by atoms with E-state index in [-0.39, 0.29) is 12.4 Å². The number of rotatable bonds is 2. The summed E-state index contributed by atoms with van der Waals surface area (Å²) in [6.07, 6.45) is 0.125. The van der Waals surface area contributed by atoms with Gasteiger partial charge >= 0.3 is 5.97 Å². The Kier molecular flexibility index (Phi) is 2.73. The zero-order chi connectivity index (χ0) is 10.8. The molecule has 0 fully saturated rings. The van der Waals surface area contributed by atoms with Crippen molar-refractivity contribution >= 4 is 32.9 Å². The van der Waals surface area contributed by atoms with Crippen molar-refractivity contribution in [1.29, 1.82) is 0 Å². The number of halogens is 1. The van der Waals surface area contributed by atoms with Crippen LogP contribution in [0.4, 0.5) is 0 Å². The molecule has 5 heteroatoms. The van der Waals surface area contributed by atoms with E-state index in [0.29, 0.717) is 11.3 Å². The second kappa shape index (κ2) is 4.02. The highest BCUT2D eigenvalue weighted by Crippen LogP contribution is 2.23. The van der Waals surface area contributed by atoms with E-state index in [9.17, 15) is 4.79 Å². The van der Waals surface area contributed by atoms with E-state index in [1.165, 1.54) is 7.11 Å². The summed E-state index contributed by atoms with van der Waals surface area (Å²) in [5.74, 6) is -0.329. The number of hydrogen-bond acceptors (Lipinski definition) is 4. The van der Waals surface area contributed by atoms with Crippen LogP contribution >= 0.6 is 15.9 Å². The van der Waals surface area contributed by atoms with E-state index >= 15 is 0 Å². The summed E-state index contributed by atoms with van der Waals surface area (Å²) in [6.45, 7) is 0. The van der Waals surface area contributed by atoms with Crippen molar-refractivity contribution < 1.29 is 14.1 Å². The number of carbonyl (C=O) groups is 1. The monoisotopic (exact) mass is 269 g/mol. The molecule has 0 unspecified atom stereocenters. The number of fused-ring (bicyclic) bond motifs is 1. The molecule has 1 aromatic carbocycles. The van der Waals surface area contributed by atoms with E-state index in [2.05, 4.69) is 25.8 Å². The van der Waals surface area contributed by atoms with Gasteiger partial charge in [-0.2, -0.15) is 0 Å². The van der Waals surface area contributed by atoms with E-state index in [4.69, 9.17) is 4.52 Å². The fourth-order valence-corrected chi connectivity index (χ4v) is 1.66. The van der Waals surface area contributed by atoms with Crippen molar-refractivity contribution in [1.82, 2.24) is 5.16 Å². The molecule has 0 aliphatic rings. The predicted octanol–water partition coefficient (Wildman–Crippen LogP) is 2.31. The SMILES string of the molecule is COC(=O)Cc1noc2ccc(Br)cc12. The normalized spacial score (nSPS) is 10.5. The fourth-order valence-electron chi connectivity index (χ4n) is 1.30. The first-order valence-corrected chi connectivity index (χ1v) is 5.10. The van der Waals surface area contributed by atoms with Gasteiger partial charge in [-0.05, 0) is 18.2 Å². The van der Waals surface area contributed by atoms with E-state index in [1.807, 2.05) is 12.1 Å². The van der Waals surface area contributed by atoms with E-state index < -0.39 is 0 Å². The Labute approximate surface area is 94.3 Å². The van der Waals surface area contributed by atoms with Crippen molar-refractivity contribution in [3.05, 3.63) is 28.4 Å². The van der Waals surface area contributed by atoms with Crippen LogP contribution in [0.3, 0.4) is 0 Å². The maximum Gasteiger partial charge on any atom is 0.311 e. The minimum atomic E-state index is -0.329. The molecule has 0 saturated carbocycles. The Morgan fingerprint density at radius 2 is 2.40 bits per heavy atom. The van der Waals surface area contributed by atoms with Gasteiger partial charge in [0, 0.05) is 9.86 Å². The summed E-state index contributed by atoms with van der Waals surface area (Å²) < 4.78 is 10.6. The Balaban J connectivity index is 2.43. The van der Waals surface area contributed by atoms with Crippen molar-refractivity contribution in [2.45, 2.75) is 6.42 Å². The maximum atomic E-state index is 11.1. The summed E-state index contributed by atoms with van der Waals surface area (Å²) >= 11 is 3.35. The zero-order valence-electron chi connectivity index (χ0n) is 7.99. The van der Waals surface area contributed by atoms with Gasteiger partial charge in [-0.1, -0.05) is 21.1 Å². The third-order valence-corrected chi connectivity index (χ3v) is 2.54. The summed E-state index contributed by atoms with van der Waals surface area (Å²) in [6, 6.07) is 5.52. The summed E-state index contributed by atoms with van der Waals surface area (Å²) in [7, 11) is 1.35. The minimum absolute atomic E-state index is 0.125. The molecule has 1 aromatic heterocycles. The molecule has 4 nitrogen and oxygen atoms in total. The molecule has 0 bridgehead atoms. The molecule has 0 aliphatic heterocycles. The van der Waals surface area contributed by atoms with Crippen molar-refractivity contribution in [2.24, 2.45) is 0 Å². The lowest BCUT2D eigenvalue weighted by molar-refractivity contribution is -0.139. The van der Waals surface area contributed by atoms with Crippen molar-refractivity contribution in [3.8, 4) is 0 Å². The first-order chi connectivity index (χ1) is 7.20. The highest BCUT2D eigenvalue weighted by Gasteiger charge is 2.12. The molecule has 2 aromatic rings. The lowest BCUT2D eigenvalue weighted by atomic mass is 10.2. The summed E-state index contributed by atoms with van der Waals surface area (Å²) in [4.78, 5) is 11.1. The van der Waals surface area contributed by atoms with Crippen LogP contribution in [0, 0.1) is 0 Å². The van der Waals surface area contributed by atoms with Gasteiger partial charge in [0.2, 0.25) is 0 Å². The Hall–Kier alpha value is -1.36. The van der Waals surface area contributed by atoms with E-state index in [0.717, 1.165) is 9.86 Å². The van der Waals surface area contributed by atoms with Crippen LogP contribution in [0.25, 0.3) is 11.0 Å². The number of methoxy groups -OCH3 is 1. The second-order valence-corrected chi connectivity index (χ2v) is 3.94. The Morgan fingerprint density at radius 3 is 3.13 bits per heavy atom. The van der Waals surface area contributed by atoms with Crippen LogP contribution in [0.5, 0.6) is 0 Å². The highest BCUT2D eigenvalue weighted by atomic mass is 79.9. The maximum absolute atomic E-state index is 11.1. The average Bonchev–Trinajstić information content (AvgIpc) is 2.61. The molecule has 0 amide bonds. The molecular weight excluding hydrogens is 262 g/mol. The molecular formula is C10H8BrNO3. The lowest BCUT2D eigenvalue weighted by Crippen LogP contribution is -2.04.